The molecule has 80 valence electrons. The van der Waals surface area contributed by atoms with Gasteiger partial charge in [-0.25, -0.2) is 0 Å². The summed E-state index contributed by atoms with van der Waals surface area (Å²) in [5.74, 6) is 0.157. The fourth-order valence-electron chi connectivity index (χ4n) is 2.03. The lowest BCUT2D eigenvalue weighted by atomic mass is 9.97. The minimum Gasteiger partial charge on any atom is -0.370 e. The normalized spacial score (nSPS) is 20.5. The Hall–Kier alpha value is -1.15. The molecular formula is C13H16O2. The molecule has 0 amide bonds. The largest absolute Gasteiger partial charge is 0.370 e. The maximum atomic E-state index is 12.1. The van der Waals surface area contributed by atoms with Gasteiger partial charge in [0.2, 0.25) is 0 Å². The average Bonchev–Trinajstić information content (AvgIpc) is 2.81. The fraction of sp³-hybridized carbons (Fsp3) is 0.462. The SMILES string of the molecule is CCc1ccccc1C(=O)C1CCCO1. The third-order valence-electron chi connectivity index (χ3n) is 2.89. The van der Waals surface area contributed by atoms with E-state index < -0.39 is 0 Å². The summed E-state index contributed by atoms with van der Waals surface area (Å²) in [6, 6.07) is 7.82. The molecule has 2 nitrogen and oxygen atoms in total. The van der Waals surface area contributed by atoms with Gasteiger partial charge >= 0.3 is 0 Å². The molecule has 0 aromatic heterocycles. The second-order valence-electron chi connectivity index (χ2n) is 3.88. The summed E-state index contributed by atoms with van der Waals surface area (Å²) in [4.78, 5) is 12.1. The predicted molar refractivity (Wildman–Crippen MR) is 59.1 cm³/mol. The molecule has 1 aromatic carbocycles. The molecule has 0 radical (unpaired) electrons. The van der Waals surface area contributed by atoms with Crippen LogP contribution >= 0.6 is 0 Å². The Bertz CT molecular complexity index is 351. The Morgan fingerprint density at radius 1 is 1.47 bits per heavy atom. The lowest BCUT2D eigenvalue weighted by Gasteiger charge is -2.11. The maximum absolute atomic E-state index is 12.1. The van der Waals surface area contributed by atoms with E-state index in [1.54, 1.807) is 0 Å². The van der Waals surface area contributed by atoms with Crippen LogP contribution in [-0.2, 0) is 11.2 Å². The van der Waals surface area contributed by atoms with Gasteiger partial charge in [-0.1, -0.05) is 31.2 Å². The lowest BCUT2D eigenvalue weighted by Crippen LogP contribution is -2.20. The third-order valence-corrected chi connectivity index (χ3v) is 2.89. The molecule has 2 rings (SSSR count). The molecule has 0 spiro atoms. The predicted octanol–water partition coefficient (Wildman–Crippen LogP) is 2.61. The van der Waals surface area contributed by atoms with Gasteiger partial charge in [-0.3, -0.25) is 4.79 Å². The first kappa shape index (κ1) is 10.4. The van der Waals surface area contributed by atoms with E-state index in [9.17, 15) is 4.79 Å². The van der Waals surface area contributed by atoms with Gasteiger partial charge in [0.1, 0.15) is 6.10 Å². The van der Waals surface area contributed by atoms with E-state index in [2.05, 4.69) is 6.92 Å². The van der Waals surface area contributed by atoms with Crippen molar-refractivity contribution in [1.82, 2.24) is 0 Å². The number of carbonyl (C=O) groups excluding carboxylic acids is 1. The highest BCUT2D eigenvalue weighted by Gasteiger charge is 2.25. The van der Waals surface area contributed by atoms with Crippen LogP contribution in [0.25, 0.3) is 0 Å². The molecule has 0 saturated carbocycles. The summed E-state index contributed by atoms with van der Waals surface area (Å²) >= 11 is 0. The monoisotopic (exact) mass is 204 g/mol. The Kier molecular flexibility index (Phi) is 3.17. The number of hydrogen-bond donors (Lipinski definition) is 0. The Balaban J connectivity index is 2.24. The Morgan fingerprint density at radius 2 is 2.27 bits per heavy atom. The molecule has 1 fully saturated rings. The number of hydrogen-bond acceptors (Lipinski definition) is 2. The first-order valence-corrected chi connectivity index (χ1v) is 5.56. The second kappa shape index (κ2) is 4.58. The Labute approximate surface area is 90.3 Å². The van der Waals surface area contributed by atoms with Crippen molar-refractivity contribution in [2.24, 2.45) is 0 Å². The molecule has 1 atom stereocenters. The van der Waals surface area contributed by atoms with Crippen LogP contribution < -0.4 is 0 Å². The number of ether oxygens (including phenoxy) is 1. The number of rotatable bonds is 3. The number of carbonyl (C=O) groups is 1. The van der Waals surface area contributed by atoms with Crippen LogP contribution in [0.4, 0.5) is 0 Å². The van der Waals surface area contributed by atoms with E-state index in [4.69, 9.17) is 4.74 Å². The summed E-state index contributed by atoms with van der Waals surface area (Å²) in [6.07, 6.45) is 2.58. The minimum absolute atomic E-state index is 0.157. The van der Waals surface area contributed by atoms with Gasteiger partial charge in [0, 0.05) is 12.2 Å². The summed E-state index contributed by atoms with van der Waals surface area (Å²) in [5.41, 5.74) is 1.96. The van der Waals surface area contributed by atoms with E-state index in [0.29, 0.717) is 0 Å². The first-order chi connectivity index (χ1) is 7.33. The highest BCUT2D eigenvalue weighted by Crippen LogP contribution is 2.19. The standard InChI is InChI=1S/C13H16O2/c1-2-10-6-3-4-7-11(10)13(14)12-8-5-9-15-12/h3-4,6-7,12H,2,5,8-9H2,1H3. The molecule has 0 aliphatic carbocycles. The van der Waals surface area contributed by atoms with E-state index >= 15 is 0 Å². The van der Waals surface area contributed by atoms with Gasteiger partial charge in [-0.05, 0) is 24.8 Å². The van der Waals surface area contributed by atoms with E-state index in [1.165, 1.54) is 0 Å². The zero-order chi connectivity index (χ0) is 10.7. The molecule has 15 heavy (non-hydrogen) atoms. The molecule has 0 N–H and O–H groups in total. The third kappa shape index (κ3) is 2.10. The summed E-state index contributed by atoms with van der Waals surface area (Å²) in [6.45, 7) is 2.80. The van der Waals surface area contributed by atoms with Crippen molar-refractivity contribution in [2.45, 2.75) is 32.3 Å². The van der Waals surface area contributed by atoms with Crippen LogP contribution in [0.15, 0.2) is 24.3 Å². The second-order valence-corrected chi connectivity index (χ2v) is 3.88. The quantitative estimate of drug-likeness (QED) is 0.707. The molecule has 1 aromatic rings. The van der Waals surface area contributed by atoms with E-state index in [0.717, 1.165) is 37.0 Å². The number of aryl methyl sites for hydroxylation is 1. The lowest BCUT2D eigenvalue weighted by molar-refractivity contribution is 0.0642. The molecular weight excluding hydrogens is 188 g/mol. The number of Topliss-reactive ketones (excluding diaryl/α,β-unsaturated/α-hetero) is 1. The van der Waals surface area contributed by atoms with Crippen LogP contribution in [0.1, 0.15) is 35.7 Å². The molecule has 1 aliphatic rings. The van der Waals surface area contributed by atoms with Crippen LogP contribution in [-0.4, -0.2) is 18.5 Å². The van der Waals surface area contributed by atoms with Gasteiger partial charge in [-0.15, -0.1) is 0 Å². The van der Waals surface area contributed by atoms with Crippen molar-refractivity contribution in [1.29, 1.82) is 0 Å². The van der Waals surface area contributed by atoms with E-state index in [1.807, 2.05) is 24.3 Å². The fourth-order valence-corrected chi connectivity index (χ4v) is 2.03. The molecule has 1 unspecified atom stereocenters. The van der Waals surface area contributed by atoms with Gasteiger partial charge in [0.25, 0.3) is 0 Å². The molecule has 2 heteroatoms. The van der Waals surface area contributed by atoms with Crippen LogP contribution in [0, 0.1) is 0 Å². The summed E-state index contributed by atoms with van der Waals surface area (Å²) in [7, 11) is 0. The molecule has 1 aliphatic heterocycles. The van der Waals surface area contributed by atoms with Crippen molar-refractivity contribution < 1.29 is 9.53 Å². The van der Waals surface area contributed by atoms with Crippen LogP contribution in [0.5, 0.6) is 0 Å². The molecule has 1 saturated heterocycles. The van der Waals surface area contributed by atoms with Gasteiger partial charge in [0.05, 0.1) is 0 Å². The zero-order valence-corrected chi connectivity index (χ0v) is 9.03. The van der Waals surface area contributed by atoms with Gasteiger partial charge in [0.15, 0.2) is 5.78 Å². The van der Waals surface area contributed by atoms with Gasteiger partial charge in [-0.2, -0.15) is 0 Å². The zero-order valence-electron chi connectivity index (χ0n) is 9.03. The average molecular weight is 204 g/mol. The van der Waals surface area contributed by atoms with E-state index in [-0.39, 0.29) is 11.9 Å². The topological polar surface area (TPSA) is 26.3 Å². The van der Waals surface area contributed by atoms with Crippen molar-refractivity contribution in [3.05, 3.63) is 35.4 Å². The van der Waals surface area contributed by atoms with Crippen molar-refractivity contribution >= 4 is 5.78 Å². The molecule has 0 bridgehead atoms. The van der Waals surface area contributed by atoms with Crippen molar-refractivity contribution in [3.8, 4) is 0 Å². The summed E-state index contributed by atoms with van der Waals surface area (Å²) in [5, 5.41) is 0. The minimum atomic E-state index is -0.197. The van der Waals surface area contributed by atoms with Crippen LogP contribution in [0.2, 0.25) is 0 Å². The maximum Gasteiger partial charge on any atom is 0.191 e. The van der Waals surface area contributed by atoms with Crippen molar-refractivity contribution in [2.75, 3.05) is 6.61 Å². The number of benzene rings is 1. The van der Waals surface area contributed by atoms with Crippen LogP contribution in [0.3, 0.4) is 0 Å². The first-order valence-electron chi connectivity index (χ1n) is 5.56. The van der Waals surface area contributed by atoms with Crippen molar-refractivity contribution in [3.63, 3.8) is 0 Å². The number of ketones is 1. The van der Waals surface area contributed by atoms with Gasteiger partial charge < -0.3 is 4.74 Å². The highest BCUT2D eigenvalue weighted by atomic mass is 16.5. The highest BCUT2D eigenvalue weighted by molar-refractivity contribution is 6.00. The smallest absolute Gasteiger partial charge is 0.191 e. The Morgan fingerprint density at radius 3 is 2.93 bits per heavy atom. The molecule has 1 heterocycles. The summed E-state index contributed by atoms with van der Waals surface area (Å²) < 4.78 is 5.42.